The molecule has 0 aliphatic rings. The van der Waals surface area contributed by atoms with Crippen molar-refractivity contribution >= 4 is 11.6 Å². The average Bonchev–Trinajstić information content (AvgIpc) is 2.41. The van der Waals surface area contributed by atoms with E-state index < -0.39 is 5.38 Å². The zero-order valence-corrected chi connectivity index (χ0v) is 10.4. The van der Waals surface area contributed by atoms with E-state index in [0.29, 0.717) is 17.5 Å². The topological polar surface area (TPSA) is 23.8 Å². The Balaban J connectivity index is 2.30. The minimum Gasteiger partial charge on any atom is -0.207 e. The Bertz CT molecular complexity index is 575. The summed E-state index contributed by atoms with van der Waals surface area (Å²) in [5.74, 6) is -0.274. The lowest BCUT2D eigenvalue weighted by molar-refractivity contribution is 0.613. The minimum absolute atomic E-state index is 0.274. The number of halogens is 2. The second kappa shape index (κ2) is 5.66. The summed E-state index contributed by atoms with van der Waals surface area (Å²) >= 11 is 5.83. The third-order valence-electron chi connectivity index (χ3n) is 2.71. The lowest BCUT2D eigenvalue weighted by Gasteiger charge is -2.07. The number of nitriles is 1. The monoisotopic (exact) mass is 259 g/mol. The van der Waals surface area contributed by atoms with Gasteiger partial charge in [-0.3, -0.25) is 0 Å². The molecule has 90 valence electrons. The van der Waals surface area contributed by atoms with Gasteiger partial charge < -0.3 is 0 Å². The lowest BCUT2D eigenvalue weighted by Crippen LogP contribution is -1.96. The molecule has 1 nitrogen and oxygen atoms in total. The first-order valence-electron chi connectivity index (χ1n) is 5.56. The third-order valence-corrected chi connectivity index (χ3v) is 3.06. The molecular weight excluding hydrogens is 249 g/mol. The molecule has 18 heavy (non-hydrogen) atoms. The summed E-state index contributed by atoms with van der Waals surface area (Å²) in [5.41, 5.74) is 2.21. The van der Waals surface area contributed by atoms with Crippen LogP contribution in [0.2, 0.25) is 0 Å². The molecule has 0 aliphatic heterocycles. The van der Waals surface area contributed by atoms with Crippen LogP contribution >= 0.6 is 11.6 Å². The van der Waals surface area contributed by atoms with E-state index in [1.807, 2.05) is 36.4 Å². The first kappa shape index (κ1) is 12.6. The van der Waals surface area contributed by atoms with Gasteiger partial charge in [0.2, 0.25) is 0 Å². The Labute approximate surface area is 110 Å². The molecular formula is C15H11ClFN. The van der Waals surface area contributed by atoms with Crippen molar-refractivity contribution in [1.82, 2.24) is 0 Å². The van der Waals surface area contributed by atoms with E-state index in [1.165, 1.54) is 6.07 Å². The first-order chi connectivity index (χ1) is 8.70. The van der Waals surface area contributed by atoms with Crippen molar-refractivity contribution in [1.29, 1.82) is 5.26 Å². The molecule has 0 radical (unpaired) electrons. The van der Waals surface area contributed by atoms with Gasteiger partial charge in [0.25, 0.3) is 0 Å². The normalized spacial score (nSPS) is 11.8. The van der Waals surface area contributed by atoms with E-state index in [1.54, 1.807) is 12.1 Å². The SMILES string of the molecule is N#CC(Cl)c1ccc(F)c(Cc2ccccc2)c1. The smallest absolute Gasteiger partial charge is 0.145 e. The van der Waals surface area contributed by atoms with Crippen LogP contribution in [-0.2, 0) is 6.42 Å². The number of hydrogen-bond donors (Lipinski definition) is 0. The maximum absolute atomic E-state index is 13.7. The molecule has 1 unspecified atom stereocenters. The minimum atomic E-state index is -0.736. The summed E-state index contributed by atoms with van der Waals surface area (Å²) in [7, 11) is 0. The number of benzene rings is 2. The van der Waals surface area contributed by atoms with Gasteiger partial charge in [0.15, 0.2) is 0 Å². The largest absolute Gasteiger partial charge is 0.207 e. The molecule has 0 fully saturated rings. The summed E-state index contributed by atoms with van der Waals surface area (Å²) in [6.45, 7) is 0. The summed E-state index contributed by atoms with van der Waals surface area (Å²) in [5, 5.41) is 8.03. The molecule has 0 heterocycles. The average molecular weight is 260 g/mol. The molecule has 0 aliphatic carbocycles. The molecule has 0 bridgehead atoms. The van der Waals surface area contributed by atoms with Crippen LogP contribution in [-0.4, -0.2) is 0 Å². The van der Waals surface area contributed by atoms with Gasteiger partial charge >= 0.3 is 0 Å². The molecule has 1 atom stereocenters. The molecule has 0 amide bonds. The fourth-order valence-corrected chi connectivity index (χ4v) is 1.91. The predicted molar refractivity (Wildman–Crippen MR) is 69.9 cm³/mol. The fraction of sp³-hybridized carbons (Fsp3) is 0.133. The highest BCUT2D eigenvalue weighted by Gasteiger charge is 2.10. The van der Waals surface area contributed by atoms with Crippen LogP contribution in [0.3, 0.4) is 0 Å². The highest BCUT2D eigenvalue weighted by Crippen LogP contribution is 2.23. The van der Waals surface area contributed by atoms with E-state index in [0.717, 1.165) is 5.56 Å². The molecule has 3 heteroatoms. The van der Waals surface area contributed by atoms with E-state index in [2.05, 4.69) is 0 Å². The third kappa shape index (κ3) is 2.88. The summed E-state index contributed by atoms with van der Waals surface area (Å²) in [6.07, 6.45) is 0.496. The zero-order chi connectivity index (χ0) is 13.0. The van der Waals surface area contributed by atoms with E-state index in [-0.39, 0.29) is 5.82 Å². The van der Waals surface area contributed by atoms with Crippen molar-refractivity contribution in [3.8, 4) is 6.07 Å². The van der Waals surface area contributed by atoms with Crippen LogP contribution in [0.25, 0.3) is 0 Å². The Morgan fingerprint density at radius 1 is 1.17 bits per heavy atom. The molecule has 0 saturated heterocycles. The maximum Gasteiger partial charge on any atom is 0.145 e. The molecule has 0 spiro atoms. The van der Waals surface area contributed by atoms with Crippen LogP contribution in [0.4, 0.5) is 4.39 Å². The van der Waals surface area contributed by atoms with E-state index in [4.69, 9.17) is 16.9 Å². The van der Waals surface area contributed by atoms with Gasteiger partial charge in [-0.2, -0.15) is 5.26 Å². The lowest BCUT2D eigenvalue weighted by atomic mass is 10.0. The van der Waals surface area contributed by atoms with Gasteiger partial charge in [-0.15, -0.1) is 11.6 Å². The Morgan fingerprint density at radius 2 is 1.89 bits per heavy atom. The van der Waals surface area contributed by atoms with Crippen LogP contribution in [0.15, 0.2) is 48.5 Å². The van der Waals surface area contributed by atoms with Gasteiger partial charge in [-0.25, -0.2) is 4.39 Å². The van der Waals surface area contributed by atoms with Crippen molar-refractivity contribution in [3.05, 3.63) is 71.0 Å². The molecule has 0 aromatic heterocycles. The second-order valence-corrected chi connectivity index (χ2v) is 4.44. The highest BCUT2D eigenvalue weighted by atomic mass is 35.5. The quantitative estimate of drug-likeness (QED) is 0.757. The Hall–Kier alpha value is -1.85. The second-order valence-electron chi connectivity index (χ2n) is 4.00. The van der Waals surface area contributed by atoms with Crippen molar-refractivity contribution in [2.45, 2.75) is 11.8 Å². The Kier molecular flexibility index (Phi) is 3.96. The number of rotatable bonds is 3. The van der Waals surface area contributed by atoms with E-state index >= 15 is 0 Å². The van der Waals surface area contributed by atoms with Crippen LogP contribution < -0.4 is 0 Å². The van der Waals surface area contributed by atoms with Crippen LogP contribution in [0.5, 0.6) is 0 Å². The number of hydrogen-bond acceptors (Lipinski definition) is 1. The van der Waals surface area contributed by atoms with Gasteiger partial charge in [0, 0.05) is 6.42 Å². The highest BCUT2D eigenvalue weighted by molar-refractivity contribution is 6.22. The standard InChI is InChI=1S/C15H11ClFN/c16-14(10-18)12-6-7-15(17)13(9-12)8-11-4-2-1-3-5-11/h1-7,9,14H,8H2. The molecule has 0 N–H and O–H groups in total. The molecule has 2 aromatic rings. The van der Waals surface area contributed by atoms with Gasteiger partial charge in [-0.05, 0) is 22.8 Å². The zero-order valence-electron chi connectivity index (χ0n) is 9.61. The first-order valence-corrected chi connectivity index (χ1v) is 6.00. The van der Waals surface area contributed by atoms with Crippen molar-refractivity contribution < 1.29 is 4.39 Å². The Morgan fingerprint density at radius 3 is 2.56 bits per heavy atom. The molecule has 0 saturated carbocycles. The molecule has 2 aromatic carbocycles. The van der Waals surface area contributed by atoms with E-state index in [9.17, 15) is 4.39 Å². The summed E-state index contributed by atoms with van der Waals surface area (Å²) in [6, 6.07) is 16.1. The summed E-state index contributed by atoms with van der Waals surface area (Å²) < 4.78 is 13.7. The number of nitrogens with zero attached hydrogens (tertiary/aromatic N) is 1. The van der Waals surface area contributed by atoms with Gasteiger partial charge in [-0.1, -0.05) is 42.5 Å². The van der Waals surface area contributed by atoms with Gasteiger partial charge in [0.05, 0.1) is 6.07 Å². The van der Waals surface area contributed by atoms with Crippen molar-refractivity contribution in [3.63, 3.8) is 0 Å². The fourth-order valence-electron chi connectivity index (χ4n) is 1.78. The van der Waals surface area contributed by atoms with Crippen LogP contribution in [0, 0.1) is 17.1 Å². The van der Waals surface area contributed by atoms with Crippen LogP contribution in [0.1, 0.15) is 22.1 Å². The number of alkyl halides is 1. The summed E-state index contributed by atoms with van der Waals surface area (Å²) in [4.78, 5) is 0. The molecule has 2 rings (SSSR count). The van der Waals surface area contributed by atoms with Crippen molar-refractivity contribution in [2.24, 2.45) is 0 Å². The van der Waals surface area contributed by atoms with Gasteiger partial charge in [0.1, 0.15) is 11.2 Å². The maximum atomic E-state index is 13.7. The predicted octanol–water partition coefficient (Wildman–Crippen LogP) is 4.22. The van der Waals surface area contributed by atoms with Crippen molar-refractivity contribution in [2.75, 3.05) is 0 Å².